The molecule has 1 aromatic heterocycles. The number of nitrogens with zero attached hydrogens (tertiary/aromatic N) is 4. The average molecular weight is 310 g/mol. The van der Waals surface area contributed by atoms with E-state index in [4.69, 9.17) is 4.74 Å². The maximum atomic E-state index is 6.01. The van der Waals surface area contributed by atoms with Crippen LogP contribution in [-0.2, 0) is 11.3 Å². The lowest BCUT2D eigenvalue weighted by molar-refractivity contribution is -0.0499. The SMILES string of the molecule is Cc1ccnc(N2CC3OCCN(Cc4ccccc4)C3C2)n1. The number of hydrogen-bond acceptors (Lipinski definition) is 5. The van der Waals surface area contributed by atoms with Crippen molar-refractivity contribution in [3.05, 3.63) is 53.9 Å². The molecule has 2 fully saturated rings. The van der Waals surface area contributed by atoms with Crippen LogP contribution in [0.25, 0.3) is 0 Å². The van der Waals surface area contributed by atoms with Crippen LogP contribution in [-0.4, -0.2) is 53.3 Å². The van der Waals surface area contributed by atoms with Crippen molar-refractivity contribution in [1.29, 1.82) is 0 Å². The summed E-state index contributed by atoms with van der Waals surface area (Å²) in [6.45, 7) is 6.58. The number of anilines is 1. The maximum absolute atomic E-state index is 6.01. The number of fused-ring (bicyclic) bond motifs is 1. The topological polar surface area (TPSA) is 41.5 Å². The van der Waals surface area contributed by atoms with Crippen molar-refractivity contribution in [2.24, 2.45) is 0 Å². The number of rotatable bonds is 3. The molecule has 0 spiro atoms. The highest BCUT2D eigenvalue weighted by Gasteiger charge is 2.40. The standard InChI is InChI=1S/C18H22N4O/c1-14-7-8-19-18(20-14)22-12-16-17(13-22)23-10-9-21(16)11-15-5-3-2-4-6-15/h2-8,16-17H,9-13H2,1H3. The van der Waals surface area contributed by atoms with Gasteiger partial charge in [0.1, 0.15) is 0 Å². The third-order valence-electron chi connectivity index (χ3n) is 4.71. The number of benzene rings is 1. The minimum Gasteiger partial charge on any atom is -0.373 e. The van der Waals surface area contributed by atoms with Gasteiger partial charge in [0, 0.05) is 38.1 Å². The van der Waals surface area contributed by atoms with Gasteiger partial charge in [0.15, 0.2) is 0 Å². The van der Waals surface area contributed by atoms with Crippen LogP contribution in [0.5, 0.6) is 0 Å². The number of morpholine rings is 1. The molecule has 2 unspecified atom stereocenters. The molecule has 5 heteroatoms. The summed E-state index contributed by atoms with van der Waals surface area (Å²) in [6, 6.07) is 13.0. The smallest absolute Gasteiger partial charge is 0.225 e. The lowest BCUT2D eigenvalue weighted by Crippen LogP contribution is -2.50. The van der Waals surface area contributed by atoms with Gasteiger partial charge in [-0.05, 0) is 18.6 Å². The second-order valence-corrected chi connectivity index (χ2v) is 6.34. The molecule has 5 nitrogen and oxygen atoms in total. The fourth-order valence-corrected chi connectivity index (χ4v) is 3.52. The Kier molecular flexibility index (Phi) is 3.97. The van der Waals surface area contributed by atoms with E-state index in [-0.39, 0.29) is 6.10 Å². The molecule has 4 rings (SSSR count). The average Bonchev–Trinajstić information content (AvgIpc) is 3.01. The zero-order valence-corrected chi connectivity index (χ0v) is 13.4. The molecule has 2 saturated heterocycles. The van der Waals surface area contributed by atoms with Crippen molar-refractivity contribution in [3.63, 3.8) is 0 Å². The fourth-order valence-electron chi connectivity index (χ4n) is 3.52. The van der Waals surface area contributed by atoms with Gasteiger partial charge in [-0.2, -0.15) is 0 Å². The van der Waals surface area contributed by atoms with Gasteiger partial charge in [0.2, 0.25) is 5.95 Å². The molecule has 0 radical (unpaired) electrons. The van der Waals surface area contributed by atoms with Crippen molar-refractivity contribution in [2.45, 2.75) is 25.6 Å². The normalized spacial score (nSPS) is 24.7. The Morgan fingerprint density at radius 3 is 2.87 bits per heavy atom. The van der Waals surface area contributed by atoms with Gasteiger partial charge in [0.05, 0.1) is 18.8 Å². The van der Waals surface area contributed by atoms with E-state index >= 15 is 0 Å². The Balaban J connectivity index is 1.50. The van der Waals surface area contributed by atoms with E-state index in [1.807, 2.05) is 19.2 Å². The first-order chi connectivity index (χ1) is 11.3. The summed E-state index contributed by atoms with van der Waals surface area (Å²) >= 11 is 0. The summed E-state index contributed by atoms with van der Waals surface area (Å²) in [5, 5.41) is 0. The molecule has 2 aliphatic rings. The fraction of sp³-hybridized carbons (Fsp3) is 0.444. The molecule has 0 bridgehead atoms. The molecule has 23 heavy (non-hydrogen) atoms. The summed E-state index contributed by atoms with van der Waals surface area (Å²) in [7, 11) is 0. The number of aryl methyl sites for hydroxylation is 1. The summed E-state index contributed by atoms with van der Waals surface area (Å²) in [4.78, 5) is 13.8. The Morgan fingerprint density at radius 1 is 1.17 bits per heavy atom. The first-order valence-corrected chi connectivity index (χ1v) is 8.24. The zero-order valence-electron chi connectivity index (χ0n) is 13.4. The van der Waals surface area contributed by atoms with E-state index < -0.39 is 0 Å². The lowest BCUT2D eigenvalue weighted by Gasteiger charge is -2.36. The molecule has 0 aliphatic carbocycles. The second-order valence-electron chi connectivity index (χ2n) is 6.34. The van der Waals surface area contributed by atoms with Crippen LogP contribution in [0.15, 0.2) is 42.6 Å². The summed E-state index contributed by atoms with van der Waals surface area (Å²) < 4.78 is 6.01. The Hall–Kier alpha value is -1.98. The highest BCUT2D eigenvalue weighted by Crippen LogP contribution is 2.26. The van der Waals surface area contributed by atoms with Crippen molar-refractivity contribution in [1.82, 2.24) is 14.9 Å². The third-order valence-corrected chi connectivity index (χ3v) is 4.71. The van der Waals surface area contributed by atoms with Crippen molar-refractivity contribution < 1.29 is 4.74 Å². The molecule has 0 amide bonds. The van der Waals surface area contributed by atoms with Crippen LogP contribution < -0.4 is 4.90 Å². The van der Waals surface area contributed by atoms with Crippen LogP contribution >= 0.6 is 0 Å². The second kappa shape index (κ2) is 6.26. The largest absolute Gasteiger partial charge is 0.373 e. The van der Waals surface area contributed by atoms with Crippen molar-refractivity contribution in [2.75, 3.05) is 31.1 Å². The molecule has 0 saturated carbocycles. The summed E-state index contributed by atoms with van der Waals surface area (Å²) in [6.07, 6.45) is 2.08. The van der Waals surface area contributed by atoms with Crippen LogP contribution in [0.2, 0.25) is 0 Å². The van der Waals surface area contributed by atoms with E-state index in [9.17, 15) is 0 Å². The van der Waals surface area contributed by atoms with Crippen LogP contribution in [0.1, 0.15) is 11.3 Å². The van der Waals surface area contributed by atoms with E-state index in [0.717, 1.165) is 44.4 Å². The first-order valence-electron chi connectivity index (χ1n) is 8.24. The van der Waals surface area contributed by atoms with Gasteiger partial charge in [-0.25, -0.2) is 9.97 Å². The molecule has 2 atom stereocenters. The first kappa shape index (κ1) is 14.6. The van der Waals surface area contributed by atoms with E-state index in [1.54, 1.807) is 0 Å². The quantitative estimate of drug-likeness (QED) is 0.866. The predicted molar refractivity (Wildman–Crippen MR) is 89.4 cm³/mol. The molecule has 1 aromatic carbocycles. The maximum Gasteiger partial charge on any atom is 0.225 e. The summed E-state index contributed by atoms with van der Waals surface area (Å²) in [5.41, 5.74) is 2.37. The van der Waals surface area contributed by atoms with Crippen LogP contribution in [0.3, 0.4) is 0 Å². The minimum absolute atomic E-state index is 0.247. The van der Waals surface area contributed by atoms with E-state index in [0.29, 0.717) is 6.04 Å². The van der Waals surface area contributed by atoms with Gasteiger partial charge in [-0.1, -0.05) is 30.3 Å². The number of aromatic nitrogens is 2. The molecular weight excluding hydrogens is 288 g/mol. The number of hydrogen-bond donors (Lipinski definition) is 0. The monoisotopic (exact) mass is 310 g/mol. The van der Waals surface area contributed by atoms with E-state index in [2.05, 4.69) is 50.1 Å². The van der Waals surface area contributed by atoms with Gasteiger partial charge in [-0.3, -0.25) is 4.90 Å². The van der Waals surface area contributed by atoms with Gasteiger partial charge >= 0.3 is 0 Å². The molecule has 2 aromatic rings. The van der Waals surface area contributed by atoms with Crippen LogP contribution in [0.4, 0.5) is 5.95 Å². The van der Waals surface area contributed by atoms with Gasteiger partial charge < -0.3 is 9.64 Å². The Labute approximate surface area is 136 Å². The molecular formula is C18H22N4O. The van der Waals surface area contributed by atoms with Crippen molar-refractivity contribution >= 4 is 5.95 Å². The molecule has 120 valence electrons. The minimum atomic E-state index is 0.247. The van der Waals surface area contributed by atoms with E-state index in [1.165, 1.54) is 5.56 Å². The molecule has 0 N–H and O–H groups in total. The third kappa shape index (κ3) is 3.07. The number of ether oxygens (including phenoxy) is 1. The Morgan fingerprint density at radius 2 is 2.04 bits per heavy atom. The van der Waals surface area contributed by atoms with Crippen LogP contribution in [0, 0.1) is 6.92 Å². The molecule has 2 aliphatic heterocycles. The highest BCUT2D eigenvalue weighted by molar-refractivity contribution is 5.34. The zero-order chi connectivity index (χ0) is 15.6. The lowest BCUT2D eigenvalue weighted by atomic mass is 10.1. The Bertz CT molecular complexity index is 663. The predicted octanol–water partition coefficient (Wildman–Crippen LogP) is 1.87. The van der Waals surface area contributed by atoms with Crippen molar-refractivity contribution in [3.8, 4) is 0 Å². The summed E-state index contributed by atoms with van der Waals surface area (Å²) in [5.74, 6) is 0.822. The van der Waals surface area contributed by atoms with Gasteiger partial charge in [-0.15, -0.1) is 0 Å². The molecule has 3 heterocycles. The van der Waals surface area contributed by atoms with Gasteiger partial charge in [0.25, 0.3) is 0 Å². The highest BCUT2D eigenvalue weighted by atomic mass is 16.5.